The van der Waals surface area contributed by atoms with Crippen LogP contribution in [0.2, 0.25) is 0 Å². The van der Waals surface area contributed by atoms with Crippen molar-refractivity contribution in [3.63, 3.8) is 0 Å². The summed E-state index contributed by atoms with van der Waals surface area (Å²) in [6.07, 6.45) is 2.40. The summed E-state index contributed by atoms with van der Waals surface area (Å²) in [5, 5.41) is 11.8. The lowest BCUT2D eigenvalue weighted by molar-refractivity contribution is -0.374. The molecule has 2 aromatic rings. The molecule has 2 aromatic carbocycles. The Hall–Kier alpha value is -2.02. The van der Waals surface area contributed by atoms with Crippen LogP contribution in [0.15, 0.2) is 73.3 Å². The second kappa shape index (κ2) is 8.61. The van der Waals surface area contributed by atoms with Crippen molar-refractivity contribution in [2.45, 2.75) is 56.1 Å². The smallest absolute Gasteiger partial charge is 0.167 e. The van der Waals surface area contributed by atoms with Crippen molar-refractivity contribution in [2.75, 3.05) is 13.2 Å². The summed E-state index contributed by atoms with van der Waals surface area (Å²) in [6.45, 7) is 7.01. The molecule has 2 aliphatic heterocycles. The zero-order valence-electron chi connectivity index (χ0n) is 17.5. The predicted molar refractivity (Wildman–Crippen MR) is 114 cm³/mol. The van der Waals surface area contributed by atoms with Gasteiger partial charge in [-0.15, -0.1) is 6.58 Å². The fourth-order valence-electron chi connectivity index (χ4n) is 4.42. The molecule has 2 bridgehead atoms. The zero-order valence-corrected chi connectivity index (χ0v) is 17.5. The molecule has 0 aromatic heterocycles. The van der Waals surface area contributed by atoms with Crippen LogP contribution >= 0.6 is 0 Å². The first-order valence-electron chi connectivity index (χ1n) is 10.5. The highest BCUT2D eigenvalue weighted by atomic mass is 16.7. The second-order valence-corrected chi connectivity index (χ2v) is 8.34. The van der Waals surface area contributed by atoms with Gasteiger partial charge in [-0.1, -0.05) is 66.7 Å². The van der Waals surface area contributed by atoms with E-state index in [4.69, 9.17) is 18.9 Å². The van der Waals surface area contributed by atoms with Gasteiger partial charge in [-0.05, 0) is 24.5 Å². The van der Waals surface area contributed by atoms with Gasteiger partial charge in [-0.2, -0.15) is 0 Å². The number of fused-ring (bicyclic) bond motifs is 2. The Labute approximate surface area is 178 Å². The molecule has 0 saturated carbocycles. The summed E-state index contributed by atoms with van der Waals surface area (Å²) >= 11 is 0. The van der Waals surface area contributed by atoms with E-state index in [0.29, 0.717) is 26.1 Å². The molecule has 2 fully saturated rings. The molecule has 0 radical (unpaired) electrons. The highest BCUT2D eigenvalue weighted by Crippen LogP contribution is 2.52. The number of hydrogen-bond acceptors (Lipinski definition) is 5. The monoisotopic (exact) mass is 410 g/mol. The number of rotatable bonds is 9. The Kier molecular flexibility index (Phi) is 6.09. The Balaban J connectivity index is 1.48. The Bertz CT molecular complexity index is 841. The van der Waals surface area contributed by atoms with Gasteiger partial charge in [-0.3, -0.25) is 0 Å². The molecule has 0 aliphatic carbocycles. The van der Waals surface area contributed by atoms with Crippen LogP contribution in [-0.4, -0.2) is 41.4 Å². The molecular formula is C25H30O5. The van der Waals surface area contributed by atoms with Crippen molar-refractivity contribution >= 4 is 0 Å². The average molecular weight is 411 g/mol. The lowest BCUT2D eigenvalue weighted by Crippen LogP contribution is -2.69. The number of benzene rings is 2. The van der Waals surface area contributed by atoms with Crippen molar-refractivity contribution in [2.24, 2.45) is 0 Å². The third-order valence-electron chi connectivity index (χ3n) is 6.15. The van der Waals surface area contributed by atoms with Gasteiger partial charge in [0, 0.05) is 6.42 Å². The summed E-state index contributed by atoms with van der Waals surface area (Å²) in [5.41, 5.74) is -0.228. The minimum absolute atomic E-state index is 0.0589. The van der Waals surface area contributed by atoms with Crippen molar-refractivity contribution < 1.29 is 24.1 Å². The minimum atomic E-state index is -1.41. The summed E-state index contributed by atoms with van der Waals surface area (Å²) in [7, 11) is 0. The van der Waals surface area contributed by atoms with Gasteiger partial charge in [0.2, 0.25) is 0 Å². The Morgan fingerprint density at radius 3 is 2.20 bits per heavy atom. The van der Waals surface area contributed by atoms with E-state index >= 15 is 0 Å². The number of hydrogen-bond donors (Lipinski definition) is 1. The fraction of sp³-hybridized carbons (Fsp3) is 0.440. The van der Waals surface area contributed by atoms with Crippen LogP contribution in [0.1, 0.15) is 30.9 Å². The zero-order chi connectivity index (χ0) is 21.1. The molecule has 4 rings (SSSR count). The average Bonchev–Trinajstić information content (AvgIpc) is 3.09. The molecule has 0 amide bonds. The topological polar surface area (TPSA) is 57.2 Å². The van der Waals surface area contributed by atoms with Gasteiger partial charge in [0.15, 0.2) is 5.79 Å². The van der Waals surface area contributed by atoms with Gasteiger partial charge in [0.1, 0.15) is 17.3 Å². The predicted octanol–water partition coefficient (Wildman–Crippen LogP) is 4.00. The van der Waals surface area contributed by atoms with Crippen LogP contribution in [0.5, 0.6) is 0 Å². The van der Waals surface area contributed by atoms with Crippen LogP contribution < -0.4 is 0 Å². The molecule has 160 valence electrons. The molecule has 4 atom stereocenters. The second-order valence-electron chi connectivity index (χ2n) is 8.34. The molecular weight excluding hydrogens is 380 g/mol. The first kappa shape index (κ1) is 21.2. The molecule has 0 spiro atoms. The normalized spacial score (nSPS) is 32.8. The summed E-state index contributed by atoms with van der Waals surface area (Å²) < 4.78 is 24.3. The third-order valence-corrected chi connectivity index (χ3v) is 6.15. The first-order valence-corrected chi connectivity index (χ1v) is 10.5. The highest BCUT2D eigenvalue weighted by molar-refractivity contribution is 5.21. The molecule has 0 unspecified atom stereocenters. The quantitative estimate of drug-likeness (QED) is 0.633. The fourth-order valence-corrected chi connectivity index (χ4v) is 4.42. The minimum Gasteiger partial charge on any atom is -0.381 e. The number of ether oxygens (including phenoxy) is 4. The Morgan fingerprint density at radius 2 is 1.60 bits per heavy atom. The maximum absolute atomic E-state index is 11.8. The maximum atomic E-state index is 11.8. The maximum Gasteiger partial charge on any atom is 0.167 e. The van der Waals surface area contributed by atoms with E-state index < -0.39 is 23.1 Å². The van der Waals surface area contributed by atoms with Gasteiger partial charge in [0.25, 0.3) is 0 Å². The van der Waals surface area contributed by atoms with Crippen molar-refractivity contribution in [1.82, 2.24) is 0 Å². The summed E-state index contributed by atoms with van der Waals surface area (Å²) in [6, 6.07) is 19.8. The summed E-state index contributed by atoms with van der Waals surface area (Å²) in [5.74, 6) is -0.763. The molecule has 5 nitrogen and oxygen atoms in total. The van der Waals surface area contributed by atoms with Crippen LogP contribution in [0.3, 0.4) is 0 Å². The van der Waals surface area contributed by atoms with E-state index in [1.54, 1.807) is 6.08 Å². The molecule has 1 N–H and O–H groups in total. The van der Waals surface area contributed by atoms with Gasteiger partial charge in [-0.25, -0.2) is 0 Å². The van der Waals surface area contributed by atoms with Gasteiger partial charge < -0.3 is 24.1 Å². The number of aliphatic hydroxyl groups is 1. The third kappa shape index (κ3) is 4.09. The SMILES string of the molecule is C=C[C@@]12CC[C@@](C)(O[C@H](COCc3ccccc3)[C@]1(O)COCc1ccccc1)O2. The lowest BCUT2D eigenvalue weighted by Gasteiger charge is -2.52. The Morgan fingerprint density at radius 1 is 1.00 bits per heavy atom. The molecule has 30 heavy (non-hydrogen) atoms. The molecule has 5 heteroatoms. The van der Waals surface area contributed by atoms with Crippen LogP contribution in [0, 0.1) is 0 Å². The molecule has 2 aliphatic rings. The van der Waals surface area contributed by atoms with Gasteiger partial charge in [0.05, 0.1) is 26.4 Å². The standard InChI is InChI=1S/C25H30O5/c1-3-24-15-14-23(2,30-24)29-22(18-27-16-20-10-6-4-7-11-20)25(24,26)19-28-17-21-12-8-5-9-13-21/h3-13,22,26H,1,14-19H2,2H3/t22-,23+,24-,25-/m1/s1. The molecule has 2 heterocycles. The van der Waals surface area contributed by atoms with Crippen LogP contribution in [0.25, 0.3) is 0 Å². The van der Waals surface area contributed by atoms with Crippen molar-refractivity contribution in [3.05, 3.63) is 84.4 Å². The van der Waals surface area contributed by atoms with Crippen molar-refractivity contribution in [3.8, 4) is 0 Å². The van der Waals surface area contributed by atoms with Crippen LogP contribution in [0.4, 0.5) is 0 Å². The molecule has 2 saturated heterocycles. The van der Waals surface area contributed by atoms with Gasteiger partial charge >= 0.3 is 0 Å². The van der Waals surface area contributed by atoms with Crippen molar-refractivity contribution in [1.29, 1.82) is 0 Å². The van der Waals surface area contributed by atoms with E-state index in [-0.39, 0.29) is 13.2 Å². The summed E-state index contributed by atoms with van der Waals surface area (Å²) in [4.78, 5) is 0. The highest BCUT2D eigenvalue weighted by Gasteiger charge is 2.66. The van der Waals surface area contributed by atoms with E-state index in [1.165, 1.54) is 0 Å². The van der Waals surface area contributed by atoms with E-state index in [2.05, 4.69) is 6.58 Å². The van der Waals surface area contributed by atoms with E-state index in [1.807, 2.05) is 67.6 Å². The van der Waals surface area contributed by atoms with E-state index in [9.17, 15) is 5.11 Å². The largest absolute Gasteiger partial charge is 0.381 e. The first-order chi connectivity index (χ1) is 14.5. The van der Waals surface area contributed by atoms with E-state index in [0.717, 1.165) is 11.1 Å². The lowest BCUT2D eigenvalue weighted by atomic mass is 9.77. The van der Waals surface area contributed by atoms with Crippen LogP contribution in [-0.2, 0) is 32.2 Å².